The Morgan fingerprint density at radius 2 is 2.00 bits per heavy atom. The first-order chi connectivity index (χ1) is 6.62. The molecule has 81 valence electrons. The lowest BCUT2D eigenvalue weighted by atomic mass is 10.4. The van der Waals surface area contributed by atoms with Gasteiger partial charge < -0.3 is 0 Å². The van der Waals surface area contributed by atoms with Crippen molar-refractivity contribution in [2.45, 2.75) is 12.8 Å². The van der Waals surface area contributed by atoms with Crippen LogP contribution in [0.2, 0.25) is 0 Å². The lowest BCUT2D eigenvalue weighted by Gasteiger charge is -2.01. The Morgan fingerprint density at radius 1 is 1.29 bits per heavy atom. The first kappa shape index (κ1) is 13.7. The van der Waals surface area contributed by atoms with Gasteiger partial charge in [0.05, 0.1) is 17.6 Å². The molecule has 0 aromatic heterocycles. The Kier molecular flexibility index (Phi) is 7.86. The van der Waals surface area contributed by atoms with Gasteiger partial charge in [-0.05, 0) is 6.42 Å². The van der Waals surface area contributed by atoms with E-state index in [-0.39, 0.29) is 17.4 Å². The van der Waals surface area contributed by atoms with E-state index in [4.69, 9.17) is 16.9 Å². The van der Waals surface area contributed by atoms with Crippen LogP contribution in [-0.2, 0) is 9.84 Å². The van der Waals surface area contributed by atoms with E-state index >= 15 is 0 Å². The van der Waals surface area contributed by atoms with Gasteiger partial charge in [-0.15, -0.1) is 11.6 Å². The minimum absolute atomic E-state index is 0.0345. The van der Waals surface area contributed by atoms with Crippen LogP contribution in [0, 0.1) is 11.3 Å². The third-order valence-electron chi connectivity index (χ3n) is 1.54. The van der Waals surface area contributed by atoms with Crippen LogP contribution < -0.4 is 5.32 Å². The molecule has 0 fully saturated rings. The normalized spacial score (nSPS) is 11.1. The van der Waals surface area contributed by atoms with Crippen molar-refractivity contribution in [3.63, 3.8) is 0 Å². The summed E-state index contributed by atoms with van der Waals surface area (Å²) >= 11 is 5.33. The number of alkyl halides is 1. The summed E-state index contributed by atoms with van der Waals surface area (Å²) in [4.78, 5) is 0. The van der Waals surface area contributed by atoms with Crippen LogP contribution in [-0.4, -0.2) is 38.9 Å². The average Bonchev–Trinajstić information content (AvgIpc) is 2.11. The molecule has 1 radical (unpaired) electrons. The zero-order valence-electron chi connectivity index (χ0n) is 7.95. The Labute approximate surface area is 90.2 Å². The van der Waals surface area contributed by atoms with Crippen molar-refractivity contribution < 1.29 is 8.42 Å². The van der Waals surface area contributed by atoms with Crippen LogP contribution in [0.25, 0.3) is 0 Å². The van der Waals surface area contributed by atoms with Gasteiger partial charge in [0, 0.05) is 25.4 Å². The topological polar surface area (TPSA) is 72.0 Å². The second-order valence-corrected chi connectivity index (χ2v) is 5.45. The molecule has 0 saturated carbocycles. The van der Waals surface area contributed by atoms with Crippen LogP contribution in [0.4, 0.5) is 0 Å². The van der Waals surface area contributed by atoms with E-state index in [1.807, 2.05) is 6.07 Å². The molecule has 0 aromatic carbocycles. The quantitative estimate of drug-likeness (QED) is 0.457. The van der Waals surface area contributed by atoms with Gasteiger partial charge in [-0.3, -0.25) is 0 Å². The van der Waals surface area contributed by atoms with Gasteiger partial charge >= 0.3 is 0 Å². The Balaban J connectivity index is 3.41. The maximum Gasteiger partial charge on any atom is 0.151 e. The second-order valence-electron chi connectivity index (χ2n) is 2.77. The van der Waals surface area contributed by atoms with Gasteiger partial charge in [-0.2, -0.15) is 5.26 Å². The smallest absolute Gasteiger partial charge is 0.151 e. The highest BCUT2D eigenvalue weighted by Crippen LogP contribution is 1.95. The highest BCUT2D eigenvalue weighted by molar-refractivity contribution is 7.91. The Morgan fingerprint density at radius 3 is 2.57 bits per heavy atom. The summed E-state index contributed by atoms with van der Waals surface area (Å²) in [5.74, 6) is 0.316. The number of rotatable bonds is 8. The standard InChI is InChI=1S/C8H14ClN2O2S/c9-3-8-14(12,13)7-2-6-11-5-1-4-10/h1-3,5-8H2. The fraction of sp³-hybridized carbons (Fsp3) is 0.875. The van der Waals surface area contributed by atoms with Gasteiger partial charge in [-0.25, -0.2) is 13.7 Å². The molecule has 0 atom stereocenters. The predicted molar refractivity (Wildman–Crippen MR) is 56.1 cm³/mol. The molecule has 6 heteroatoms. The largest absolute Gasteiger partial charge is 0.241 e. The fourth-order valence-electron chi connectivity index (χ4n) is 0.857. The predicted octanol–water partition coefficient (Wildman–Crippen LogP) is 0.548. The van der Waals surface area contributed by atoms with Crippen molar-refractivity contribution in [3.8, 4) is 6.07 Å². The minimum Gasteiger partial charge on any atom is -0.241 e. The van der Waals surface area contributed by atoms with E-state index in [0.29, 0.717) is 25.9 Å². The molecular formula is C8H14ClN2O2S. The van der Waals surface area contributed by atoms with E-state index in [2.05, 4.69) is 5.32 Å². The van der Waals surface area contributed by atoms with Crippen LogP contribution in [0.3, 0.4) is 0 Å². The third kappa shape index (κ3) is 8.30. The van der Waals surface area contributed by atoms with Gasteiger partial charge in [-0.1, -0.05) is 0 Å². The zero-order valence-corrected chi connectivity index (χ0v) is 9.52. The van der Waals surface area contributed by atoms with E-state index in [9.17, 15) is 8.42 Å². The number of sulfone groups is 1. The van der Waals surface area contributed by atoms with Crippen LogP contribution >= 0.6 is 11.6 Å². The zero-order chi connectivity index (χ0) is 10.9. The summed E-state index contributed by atoms with van der Waals surface area (Å²) in [5, 5.41) is 12.2. The summed E-state index contributed by atoms with van der Waals surface area (Å²) in [6.07, 6.45) is 0.916. The molecule has 0 N–H and O–H groups in total. The van der Waals surface area contributed by atoms with Gasteiger partial charge in [0.25, 0.3) is 0 Å². The molecular weight excluding hydrogens is 224 g/mol. The Hall–Kier alpha value is -0.310. The van der Waals surface area contributed by atoms with E-state index < -0.39 is 9.84 Å². The fourth-order valence-corrected chi connectivity index (χ4v) is 2.57. The first-order valence-electron chi connectivity index (χ1n) is 4.39. The van der Waals surface area contributed by atoms with Crippen LogP contribution in [0.15, 0.2) is 0 Å². The lowest BCUT2D eigenvalue weighted by molar-refractivity contribution is 0.589. The summed E-state index contributed by atoms with van der Waals surface area (Å²) in [7, 11) is -2.98. The summed E-state index contributed by atoms with van der Waals surface area (Å²) in [6.45, 7) is 0.995. The van der Waals surface area contributed by atoms with Crippen molar-refractivity contribution in [1.82, 2.24) is 5.32 Å². The van der Waals surface area contributed by atoms with E-state index in [1.165, 1.54) is 0 Å². The minimum atomic E-state index is -2.98. The van der Waals surface area contributed by atoms with E-state index in [1.54, 1.807) is 0 Å². The maximum absolute atomic E-state index is 11.1. The number of nitriles is 1. The van der Waals surface area contributed by atoms with Crippen LogP contribution in [0.1, 0.15) is 12.8 Å². The number of hydrogen-bond acceptors (Lipinski definition) is 3. The van der Waals surface area contributed by atoms with E-state index in [0.717, 1.165) is 0 Å². The summed E-state index contributed by atoms with van der Waals surface area (Å²) < 4.78 is 22.3. The molecule has 0 aliphatic carbocycles. The molecule has 0 unspecified atom stereocenters. The number of nitrogens with zero attached hydrogens (tertiary/aromatic N) is 2. The van der Waals surface area contributed by atoms with Crippen LogP contribution in [0.5, 0.6) is 0 Å². The molecule has 0 aliphatic rings. The molecule has 0 rings (SSSR count). The summed E-state index contributed by atoms with van der Waals surface area (Å²) in [5.41, 5.74) is 0. The maximum atomic E-state index is 11.1. The SMILES string of the molecule is N#CCC[N]CCCS(=O)(=O)CCCl. The van der Waals surface area contributed by atoms with Crippen molar-refractivity contribution in [2.75, 3.05) is 30.5 Å². The van der Waals surface area contributed by atoms with Crippen molar-refractivity contribution in [2.24, 2.45) is 0 Å². The summed E-state index contributed by atoms with van der Waals surface area (Å²) in [6, 6.07) is 1.97. The average molecular weight is 238 g/mol. The molecule has 0 bridgehead atoms. The first-order valence-corrected chi connectivity index (χ1v) is 6.74. The van der Waals surface area contributed by atoms with Gasteiger partial charge in [0.1, 0.15) is 0 Å². The van der Waals surface area contributed by atoms with Crippen molar-refractivity contribution in [1.29, 1.82) is 5.26 Å². The number of halogens is 1. The third-order valence-corrected chi connectivity index (χ3v) is 3.69. The Bertz CT molecular complexity index is 272. The highest BCUT2D eigenvalue weighted by atomic mass is 35.5. The molecule has 14 heavy (non-hydrogen) atoms. The van der Waals surface area contributed by atoms with Gasteiger partial charge in [0.2, 0.25) is 0 Å². The molecule has 0 heterocycles. The lowest BCUT2D eigenvalue weighted by Crippen LogP contribution is -2.16. The van der Waals surface area contributed by atoms with Crippen molar-refractivity contribution >= 4 is 21.4 Å². The molecule has 0 aromatic rings. The molecule has 0 amide bonds. The van der Waals surface area contributed by atoms with Crippen molar-refractivity contribution in [3.05, 3.63) is 0 Å². The highest BCUT2D eigenvalue weighted by Gasteiger charge is 2.08. The number of hydrogen-bond donors (Lipinski definition) is 0. The molecule has 4 nitrogen and oxygen atoms in total. The molecule has 0 aliphatic heterocycles. The monoisotopic (exact) mass is 237 g/mol. The second kappa shape index (κ2) is 8.04. The molecule has 0 saturated heterocycles. The van der Waals surface area contributed by atoms with Gasteiger partial charge in [0.15, 0.2) is 9.84 Å². The molecule has 0 spiro atoms.